The Morgan fingerprint density at radius 3 is 2.59 bits per heavy atom. The van der Waals surface area contributed by atoms with E-state index < -0.39 is 0 Å². The number of hydrogen-bond donors (Lipinski definition) is 1. The molecule has 0 atom stereocenters. The Bertz CT molecular complexity index is 277. The van der Waals surface area contributed by atoms with Gasteiger partial charge in [0.1, 0.15) is 0 Å². The highest BCUT2D eigenvalue weighted by atomic mass is 16.5. The average molecular weight is 238 g/mol. The standard InChI is InChI=1S/C10H18O2.C3H4N2/c1-4-5-6-7-8-12-10(11)9(2)3;1-2-5-3-4-1/h2,4-8H2,1,3H3;1-3H,(H,4,5). The Labute approximate surface area is 103 Å². The van der Waals surface area contributed by atoms with Gasteiger partial charge in [-0.1, -0.05) is 32.8 Å². The number of rotatable bonds is 6. The third kappa shape index (κ3) is 10.7. The molecule has 96 valence electrons. The number of ether oxygens (including phenoxy) is 1. The first kappa shape index (κ1) is 15.4. The van der Waals surface area contributed by atoms with Crippen LogP contribution in [0.5, 0.6) is 0 Å². The van der Waals surface area contributed by atoms with Crippen LogP contribution in [0.25, 0.3) is 0 Å². The summed E-state index contributed by atoms with van der Waals surface area (Å²) in [5.74, 6) is -0.272. The van der Waals surface area contributed by atoms with Crippen molar-refractivity contribution in [2.24, 2.45) is 0 Å². The fourth-order valence-electron chi connectivity index (χ4n) is 1.03. The normalized spacial score (nSPS) is 9.06. The first-order valence-corrected chi connectivity index (χ1v) is 5.93. The summed E-state index contributed by atoms with van der Waals surface area (Å²) in [6.45, 7) is 7.84. The molecule has 1 heterocycles. The van der Waals surface area contributed by atoms with Crippen molar-refractivity contribution in [2.75, 3.05) is 6.61 Å². The molecule has 0 unspecified atom stereocenters. The van der Waals surface area contributed by atoms with E-state index in [-0.39, 0.29) is 5.97 Å². The minimum Gasteiger partial charge on any atom is -0.462 e. The van der Waals surface area contributed by atoms with Gasteiger partial charge in [0, 0.05) is 18.0 Å². The molecule has 0 saturated heterocycles. The maximum absolute atomic E-state index is 10.9. The summed E-state index contributed by atoms with van der Waals surface area (Å²) >= 11 is 0. The highest BCUT2D eigenvalue weighted by Gasteiger charge is 2.00. The second-order valence-electron chi connectivity index (χ2n) is 3.74. The quantitative estimate of drug-likeness (QED) is 0.470. The molecular formula is C13H22N2O2. The van der Waals surface area contributed by atoms with Gasteiger partial charge in [-0.25, -0.2) is 9.78 Å². The Balaban J connectivity index is 0.000000419. The summed E-state index contributed by atoms with van der Waals surface area (Å²) < 4.78 is 4.91. The summed E-state index contributed by atoms with van der Waals surface area (Å²) in [5.41, 5.74) is 0.477. The highest BCUT2D eigenvalue weighted by molar-refractivity contribution is 5.86. The van der Waals surface area contributed by atoms with Crippen LogP contribution in [0.1, 0.15) is 39.5 Å². The van der Waals surface area contributed by atoms with Gasteiger partial charge in [0.05, 0.1) is 12.9 Å². The van der Waals surface area contributed by atoms with E-state index in [1.807, 2.05) is 0 Å². The van der Waals surface area contributed by atoms with Crippen molar-refractivity contribution in [1.82, 2.24) is 9.97 Å². The Morgan fingerprint density at radius 2 is 2.18 bits per heavy atom. The number of hydrogen-bond acceptors (Lipinski definition) is 3. The largest absolute Gasteiger partial charge is 0.462 e. The lowest BCUT2D eigenvalue weighted by atomic mass is 10.2. The lowest BCUT2D eigenvalue weighted by Gasteiger charge is -2.02. The molecule has 0 saturated carbocycles. The van der Waals surface area contributed by atoms with Crippen LogP contribution in [-0.4, -0.2) is 22.5 Å². The van der Waals surface area contributed by atoms with Crippen LogP contribution >= 0.6 is 0 Å². The Morgan fingerprint density at radius 1 is 1.41 bits per heavy atom. The smallest absolute Gasteiger partial charge is 0.333 e. The van der Waals surface area contributed by atoms with E-state index >= 15 is 0 Å². The average Bonchev–Trinajstić information content (AvgIpc) is 2.87. The molecule has 17 heavy (non-hydrogen) atoms. The van der Waals surface area contributed by atoms with Crippen molar-refractivity contribution >= 4 is 5.97 Å². The molecule has 1 N–H and O–H groups in total. The van der Waals surface area contributed by atoms with Gasteiger partial charge in [0.25, 0.3) is 0 Å². The lowest BCUT2D eigenvalue weighted by molar-refractivity contribution is -0.139. The van der Waals surface area contributed by atoms with Crippen molar-refractivity contribution < 1.29 is 9.53 Å². The van der Waals surface area contributed by atoms with Crippen LogP contribution in [0, 0.1) is 0 Å². The molecule has 4 heteroatoms. The zero-order valence-electron chi connectivity index (χ0n) is 10.7. The van der Waals surface area contributed by atoms with Gasteiger partial charge in [-0.15, -0.1) is 0 Å². The molecule has 0 aromatic carbocycles. The van der Waals surface area contributed by atoms with E-state index in [9.17, 15) is 4.79 Å². The molecule has 0 fully saturated rings. The molecule has 0 aliphatic carbocycles. The highest BCUT2D eigenvalue weighted by Crippen LogP contribution is 2.00. The van der Waals surface area contributed by atoms with Gasteiger partial charge < -0.3 is 9.72 Å². The van der Waals surface area contributed by atoms with Crippen LogP contribution in [0.3, 0.4) is 0 Å². The number of imidazole rings is 1. The number of nitrogens with zero attached hydrogens (tertiary/aromatic N) is 1. The van der Waals surface area contributed by atoms with Gasteiger partial charge in [-0.05, 0) is 13.3 Å². The zero-order chi connectivity index (χ0) is 12.9. The van der Waals surface area contributed by atoms with Gasteiger partial charge in [0.2, 0.25) is 0 Å². The number of aromatic amines is 1. The molecule has 1 aromatic heterocycles. The van der Waals surface area contributed by atoms with Gasteiger partial charge >= 0.3 is 5.97 Å². The maximum Gasteiger partial charge on any atom is 0.333 e. The number of unbranched alkanes of at least 4 members (excludes halogenated alkanes) is 3. The third-order valence-corrected chi connectivity index (χ3v) is 1.99. The second-order valence-corrected chi connectivity index (χ2v) is 3.74. The van der Waals surface area contributed by atoms with Crippen LogP contribution in [0.2, 0.25) is 0 Å². The van der Waals surface area contributed by atoms with Crippen LogP contribution in [0.15, 0.2) is 30.9 Å². The van der Waals surface area contributed by atoms with Crippen LogP contribution in [-0.2, 0) is 9.53 Å². The van der Waals surface area contributed by atoms with E-state index in [0.29, 0.717) is 12.2 Å². The molecule has 0 radical (unpaired) electrons. The summed E-state index contributed by atoms with van der Waals surface area (Å²) in [5, 5.41) is 0. The monoisotopic (exact) mass is 238 g/mol. The van der Waals surface area contributed by atoms with Crippen LogP contribution in [0.4, 0.5) is 0 Å². The predicted octanol–water partition coefficient (Wildman–Crippen LogP) is 3.10. The zero-order valence-corrected chi connectivity index (χ0v) is 10.7. The van der Waals surface area contributed by atoms with Crippen molar-refractivity contribution in [3.05, 3.63) is 30.9 Å². The van der Waals surface area contributed by atoms with Crippen molar-refractivity contribution in [2.45, 2.75) is 39.5 Å². The van der Waals surface area contributed by atoms with E-state index in [1.54, 1.807) is 25.6 Å². The minimum absolute atomic E-state index is 0.272. The summed E-state index contributed by atoms with van der Waals surface area (Å²) in [6, 6.07) is 0. The minimum atomic E-state index is -0.272. The number of aromatic nitrogens is 2. The molecule has 0 bridgehead atoms. The van der Waals surface area contributed by atoms with Crippen molar-refractivity contribution in [3.63, 3.8) is 0 Å². The van der Waals surface area contributed by atoms with Gasteiger partial charge in [-0.3, -0.25) is 0 Å². The second kappa shape index (κ2) is 10.9. The molecule has 0 amide bonds. The topological polar surface area (TPSA) is 55.0 Å². The van der Waals surface area contributed by atoms with Crippen molar-refractivity contribution in [3.8, 4) is 0 Å². The molecule has 0 aliphatic rings. The SMILES string of the molecule is C=C(C)C(=O)OCCCCCC.c1c[nH]cn1. The van der Waals surface area contributed by atoms with Gasteiger partial charge in [-0.2, -0.15) is 0 Å². The van der Waals surface area contributed by atoms with E-state index in [2.05, 4.69) is 23.5 Å². The van der Waals surface area contributed by atoms with E-state index in [0.717, 1.165) is 12.8 Å². The predicted molar refractivity (Wildman–Crippen MR) is 68.5 cm³/mol. The number of carbonyl (C=O) groups is 1. The number of H-pyrrole nitrogens is 1. The number of esters is 1. The molecule has 4 nitrogen and oxygen atoms in total. The molecule has 1 aromatic rings. The first-order valence-electron chi connectivity index (χ1n) is 5.93. The molecule has 1 rings (SSSR count). The summed E-state index contributed by atoms with van der Waals surface area (Å²) in [4.78, 5) is 17.3. The van der Waals surface area contributed by atoms with Crippen LogP contribution < -0.4 is 0 Å². The molecule has 0 spiro atoms. The fourth-order valence-corrected chi connectivity index (χ4v) is 1.03. The Hall–Kier alpha value is -1.58. The summed E-state index contributed by atoms with van der Waals surface area (Å²) in [6.07, 6.45) is 9.60. The first-order chi connectivity index (χ1) is 8.18. The van der Waals surface area contributed by atoms with E-state index in [1.165, 1.54) is 12.8 Å². The summed E-state index contributed by atoms with van der Waals surface area (Å²) in [7, 11) is 0. The van der Waals surface area contributed by atoms with E-state index in [4.69, 9.17) is 4.74 Å². The van der Waals surface area contributed by atoms with Crippen molar-refractivity contribution in [1.29, 1.82) is 0 Å². The van der Waals surface area contributed by atoms with Gasteiger partial charge in [0.15, 0.2) is 0 Å². The molecular weight excluding hydrogens is 216 g/mol. The maximum atomic E-state index is 10.9. The Kier molecular flexibility index (Phi) is 9.91. The number of carbonyl (C=O) groups excluding carboxylic acids is 1. The third-order valence-electron chi connectivity index (χ3n) is 1.99. The lowest BCUT2D eigenvalue weighted by Crippen LogP contribution is -2.05. The fraction of sp³-hybridized carbons (Fsp3) is 0.538. The number of nitrogens with one attached hydrogen (secondary N) is 1. The molecule has 0 aliphatic heterocycles.